The maximum Gasteiger partial charge on any atom is 0.257 e. The van der Waals surface area contributed by atoms with E-state index in [2.05, 4.69) is 15.8 Å². The van der Waals surface area contributed by atoms with E-state index < -0.39 is 24.0 Å². The minimum Gasteiger partial charge on any atom is -0.381 e. The third-order valence-corrected chi connectivity index (χ3v) is 6.58. The molecule has 1 aromatic heterocycles. The minimum atomic E-state index is -1.53. The van der Waals surface area contributed by atoms with E-state index in [1.54, 1.807) is 25.1 Å². The highest BCUT2D eigenvalue weighted by molar-refractivity contribution is 6.42. The molecular weight excluding hydrogens is 513 g/mol. The summed E-state index contributed by atoms with van der Waals surface area (Å²) in [7, 11) is 0. The molecule has 0 radical (unpaired) electrons. The van der Waals surface area contributed by atoms with Gasteiger partial charge in [0.25, 0.3) is 11.8 Å². The molecule has 1 heterocycles. The lowest BCUT2D eigenvalue weighted by atomic mass is 9.99. The summed E-state index contributed by atoms with van der Waals surface area (Å²) in [6, 6.07) is 22.5. The fraction of sp³-hybridized carbons (Fsp3) is 0.179. The molecule has 0 fully saturated rings. The Morgan fingerprint density at radius 1 is 0.946 bits per heavy atom. The standard InChI is InChI=1S/C28H25Cl2N3O4/c1-17-24(26(37-33-17)20-10-6-3-7-11-20)27(35)32-23(15-18-8-4-2-5-9-18)25(34)28(36)31-16-19-12-13-21(29)22(30)14-19/h2-14,23,25,34H,15-16H2,1H3,(H,31,36)(H,32,35)/t23-,25?/m0/s1. The number of aliphatic hydroxyl groups excluding tert-OH is 1. The van der Waals surface area contributed by atoms with E-state index in [4.69, 9.17) is 27.7 Å². The van der Waals surface area contributed by atoms with Gasteiger partial charge in [0.15, 0.2) is 11.9 Å². The molecule has 4 rings (SSSR count). The van der Waals surface area contributed by atoms with Crippen LogP contribution in [0.5, 0.6) is 0 Å². The Kier molecular flexibility index (Phi) is 8.61. The van der Waals surface area contributed by atoms with Gasteiger partial charge >= 0.3 is 0 Å². The monoisotopic (exact) mass is 537 g/mol. The summed E-state index contributed by atoms with van der Waals surface area (Å²) >= 11 is 12.0. The Morgan fingerprint density at radius 2 is 1.62 bits per heavy atom. The maximum absolute atomic E-state index is 13.4. The number of rotatable bonds is 9. The van der Waals surface area contributed by atoms with Gasteiger partial charge in [-0.15, -0.1) is 0 Å². The van der Waals surface area contributed by atoms with E-state index in [0.29, 0.717) is 32.6 Å². The summed E-state index contributed by atoms with van der Waals surface area (Å²) < 4.78 is 5.44. The van der Waals surface area contributed by atoms with Crippen molar-refractivity contribution < 1.29 is 19.2 Å². The predicted octanol–water partition coefficient (Wildman–Crippen LogP) is 4.98. The van der Waals surface area contributed by atoms with Crippen molar-refractivity contribution in [1.82, 2.24) is 15.8 Å². The largest absolute Gasteiger partial charge is 0.381 e. The third kappa shape index (κ3) is 6.57. The average Bonchev–Trinajstić information content (AvgIpc) is 3.30. The van der Waals surface area contributed by atoms with Crippen molar-refractivity contribution in [2.24, 2.45) is 0 Å². The van der Waals surface area contributed by atoms with Gasteiger partial charge in [-0.2, -0.15) is 0 Å². The van der Waals surface area contributed by atoms with Crippen molar-refractivity contribution in [1.29, 1.82) is 0 Å². The fourth-order valence-corrected chi connectivity index (χ4v) is 4.22. The summed E-state index contributed by atoms with van der Waals surface area (Å²) in [5, 5.41) is 21.3. The number of hydrogen-bond donors (Lipinski definition) is 3. The van der Waals surface area contributed by atoms with E-state index in [1.807, 2.05) is 60.7 Å². The summed E-state index contributed by atoms with van der Waals surface area (Å²) in [5.41, 5.74) is 2.88. The molecule has 7 nitrogen and oxygen atoms in total. The van der Waals surface area contributed by atoms with Gasteiger partial charge in [0, 0.05) is 12.1 Å². The molecule has 0 saturated heterocycles. The van der Waals surface area contributed by atoms with Crippen LogP contribution in [0.25, 0.3) is 11.3 Å². The van der Waals surface area contributed by atoms with E-state index in [0.717, 1.165) is 5.56 Å². The number of carbonyl (C=O) groups excluding carboxylic acids is 2. The molecular formula is C28H25Cl2N3O4. The molecule has 0 saturated carbocycles. The van der Waals surface area contributed by atoms with Crippen molar-refractivity contribution in [2.45, 2.75) is 32.0 Å². The van der Waals surface area contributed by atoms with Gasteiger partial charge in [0.2, 0.25) is 0 Å². The van der Waals surface area contributed by atoms with E-state index in [1.165, 1.54) is 0 Å². The lowest BCUT2D eigenvalue weighted by Gasteiger charge is -2.24. The molecule has 0 spiro atoms. The van der Waals surface area contributed by atoms with Crippen LogP contribution in [0, 0.1) is 6.92 Å². The Hall–Kier alpha value is -3.65. The summed E-state index contributed by atoms with van der Waals surface area (Å²) in [6.07, 6.45) is -1.31. The molecule has 1 unspecified atom stereocenters. The second-order valence-electron chi connectivity index (χ2n) is 8.52. The van der Waals surface area contributed by atoms with Crippen LogP contribution in [-0.4, -0.2) is 34.2 Å². The Bertz CT molecular complexity index is 1380. The SMILES string of the molecule is Cc1noc(-c2ccccc2)c1C(=O)N[C@@H](Cc1ccccc1)C(O)C(=O)NCc1ccc(Cl)c(Cl)c1. The zero-order valence-corrected chi connectivity index (χ0v) is 21.5. The van der Waals surface area contributed by atoms with Crippen LogP contribution in [0.1, 0.15) is 27.2 Å². The predicted molar refractivity (Wildman–Crippen MR) is 142 cm³/mol. The number of amides is 2. The first-order chi connectivity index (χ1) is 17.8. The topological polar surface area (TPSA) is 104 Å². The van der Waals surface area contributed by atoms with Crippen LogP contribution in [0.15, 0.2) is 83.4 Å². The molecule has 3 aromatic carbocycles. The molecule has 9 heteroatoms. The second kappa shape index (κ2) is 12.1. The number of aryl methyl sites for hydroxylation is 1. The van der Waals surface area contributed by atoms with Gasteiger partial charge in [-0.05, 0) is 36.6 Å². The quantitative estimate of drug-likeness (QED) is 0.279. The molecule has 4 aromatic rings. The first-order valence-electron chi connectivity index (χ1n) is 11.6. The van der Waals surface area contributed by atoms with Crippen molar-refractivity contribution in [3.05, 3.63) is 111 Å². The molecule has 37 heavy (non-hydrogen) atoms. The number of halogens is 2. The molecule has 0 bridgehead atoms. The van der Waals surface area contributed by atoms with Crippen LogP contribution in [-0.2, 0) is 17.8 Å². The van der Waals surface area contributed by atoms with Crippen LogP contribution in [0.3, 0.4) is 0 Å². The molecule has 3 N–H and O–H groups in total. The van der Waals surface area contributed by atoms with Gasteiger partial charge < -0.3 is 20.3 Å². The van der Waals surface area contributed by atoms with Crippen LogP contribution >= 0.6 is 23.2 Å². The van der Waals surface area contributed by atoms with Crippen molar-refractivity contribution in [2.75, 3.05) is 0 Å². The zero-order valence-electron chi connectivity index (χ0n) is 19.9. The van der Waals surface area contributed by atoms with E-state index >= 15 is 0 Å². The highest BCUT2D eigenvalue weighted by Gasteiger charge is 2.31. The highest BCUT2D eigenvalue weighted by atomic mass is 35.5. The number of aliphatic hydroxyl groups is 1. The number of hydrogen-bond acceptors (Lipinski definition) is 5. The van der Waals surface area contributed by atoms with Gasteiger partial charge in [-0.3, -0.25) is 9.59 Å². The van der Waals surface area contributed by atoms with Crippen molar-refractivity contribution in [3.8, 4) is 11.3 Å². The Morgan fingerprint density at radius 3 is 2.30 bits per heavy atom. The van der Waals surface area contributed by atoms with E-state index in [9.17, 15) is 14.7 Å². The Balaban J connectivity index is 1.54. The second-order valence-corrected chi connectivity index (χ2v) is 9.33. The summed E-state index contributed by atoms with van der Waals surface area (Å²) in [4.78, 5) is 26.3. The van der Waals surface area contributed by atoms with Crippen molar-refractivity contribution in [3.63, 3.8) is 0 Å². The first-order valence-corrected chi connectivity index (χ1v) is 12.3. The zero-order chi connectivity index (χ0) is 26.4. The van der Waals surface area contributed by atoms with Gasteiger partial charge in [0.05, 0.1) is 21.8 Å². The van der Waals surface area contributed by atoms with E-state index in [-0.39, 0.29) is 18.5 Å². The van der Waals surface area contributed by atoms with Crippen LogP contribution in [0.2, 0.25) is 10.0 Å². The maximum atomic E-state index is 13.4. The molecule has 0 aliphatic rings. The lowest BCUT2D eigenvalue weighted by molar-refractivity contribution is -0.130. The lowest BCUT2D eigenvalue weighted by Crippen LogP contribution is -2.51. The number of aromatic nitrogens is 1. The molecule has 2 amide bonds. The Labute approximate surface area is 224 Å². The number of carbonyl (C=O) groups is 2. The van der Waals surface area contributed by atoms with Crippen LogP contribution < -0.4 is 10.6 Å². The smallest absolute Gasteiger partial charge is 0.257 e. The number of benzene rings is 3. The summed E-state index contributed by atoms with van der Waals surface area (Å²) in [5.74, 6) is -0.833. The molecule has 0 aliphatic heterocycles. The van der Waals surface area contributed by atoms with Gasteiger partial charge in [-0.25, -0.2) is 0 Å². The molecule has 2 atom stereocenters. The minimum absolute atomic E-state index is 0.127. The fourth-order valence-electron chi connectivity index (χ4n) is 3.90. The van der Waals surface area contributed by atoms with Crippen LogP contribution in [0.4, 0.5) is 0 Å². The highest BCUT2D eigenvalue weighted by Crippen LogP contribution is 2.26. The first kappa shape index (κ1) is 26.4. The number of nitrogens with zero attached hydrogens (tertiary/aromatic N) is 1. The number of nitrogens with one attached hydrogen (secondary N) is 2. The van der Waals surface area contributed by atoms with Gasteiger partial charge in [0.1, 0.15) is 5.56 Å². The summed E-state index contributed by atoms with van der Waals surface area (Å²) in [6.45, 7) is 1.79. The average molecular weight is 538 g/mol. The molecule has 190 valence electrons. The third-order valence-electron chi connectivity index (χ3n) is 5.84. The van der Waals surface area contributed by atoms with Gasteiger partial charge in [-0.1, -0.05) is 95.1 Å². The van der Waals surface area contributed by atoms with Crippen molar-refractivity contribution >= 4 is 35.0 Å². The normalized spacial score (nSPS) is 12.5. The molecule has 0 aliphatic carbocycles.